The van der Waals surface area contributed by atoms with Gasteiger partial charge in [-0.25, -0.2) is 0 Å². The van der Waals surface area contributed by atoms with Crippen molar-refractivity contribution in [1.82, 2.24) is 15.1 Å². The van der Waals surface area contributed by atoms with Crippen molar-refractivity contribution in [2.75, 3.05) is 6.54 Å². The second kappa shape index (κ2) is 7.41. The zero-order chi connectivity index (χ0) is 15.2. The molecule has 0 aliphatic rings. The Hall–Kier alpha value is -1.62. The summed E-state index contributed by atoms with van der Waals surface area (Å²) in [5.74, 6) is 0.0655. The van der Waals surface area contributed by atoms with Gasteiger partial charge in [0.1, 0.15) is 0 Å². The highest BCUT2D eigenvalue weighted by Gasteiger charge is 2.08. The summed E-state index contributed by atoms with van der Waals surface area (Å²) in [7, 11) is 0. The summed E-state index contributed by atoms with van der Waals surface area (Å²) in [6.45, 7) is 5.50. The number of hydrogen-bond acceptors (Lipinski definition) is 2. The van der Waals surface area contributed by atoms with Crippen molar-refractivity contribution >= 4 is 21.8 Å². The lowest BCUT2D eigenvalue weighted by Gasteiger charge is -2.07. The Morgan fingerprint density at radius 3 is 2.62 bits per heavy atom. The van der Waals surface area contributed by atoms with Gasteiger partial charge in [-0.2, -0.15) is 5.10 Å². The van der Waals surface area contributed by atoms with Gasteiger partial charge in [-0.1, -0.05) is 30.3 Å². The Kier molecular flexibility index (Phi) is 5.56. The lowest BCUT2D eigenvalue weighted by atomic mass is 10.1. The van der Waals surface area contributed by atoms with Crippen molar-refractivity contribution in [2.24, 2.45) is 0 Å². The molecule has 0 atom stereocenters. The highest BCUT2D eigenvalue weighted by molar-refractivity contribution is 9.10. The Morgan fingerprint density at radius 1 is 1.29 bits per heavy atom. The largest absolute Gasteiger partial charge is 0.356 e. The third kappa shape index (κ3) is 4.43. The predicted molar refractivity (Wildman–Crippen MR) is 87.2 cm³/mol. The summed E-state index contributed by atoms with van der Waals surface area (Å²) in [4.78, 5) is 11.8. The second-order valence-electron chi connectivity index (χ2n) is 5.07. The number of hydrogen-bond donors (Lipinski definition) is 1. The summed E-state index contributed by atoms with van der Waals surface area (Å²) in [5, 5.41) is 7.40. The van der Waals surface area contributed by atoms with Crippen LogP contribution in [0.5, 0.6) is 0 Å². The molecule has 1 aromatic heterocycles. The lowest BCUT2D eigenvalue weighted by Crippen LogP contribution is -2.27. The Morgan fingerprint density at radius 2 is 2.00 bits per heavy atom. The van der Waals surface area contributed by atoms with Crippen molar-refractivity contribution in [3.05, 3.63) is 51.8 Å². The van der Waals surface area contributed by atoms with E-state index < -0.39 is 0 Å². The number of amides is 1. The Balaban J connectivity index is 1.72. The van der Waals surface area contributed by atoms with E-state index in [0.29, 0.717) is 13.0 Å². The molecular formula is C16H20BrN3O. The maximum Gasteiger partial charge on any atom is 0.224 e. The fourth-order valence-corrected chi connectivity index (χ4v) is 2.48. The van der Waals surface area contributed by atoms with Crippen molar-refractivity contribution in [3.8, 4) is 0 Å². The molecule has 0 aliphatic heterocycles. The van der Waals surface area contributed by atoms with E-state index in [0.717, 1.165) is 34.4 Å². The van der Waals surface area contributed by atoms with Gasteiger partial charge < -0.3 is 5.32 Å². The Bertz CT molecular complexity index is 607. The molecule has 0 fully saturated rings. The maximum absolute atomic E-state index is 11.8. The van der Waals surface area contributed by atoms with Crippen LogP contribution in [0.4, 0.5) is 0 Å². The fraction of sp³-hybridized carbons (Fsp3) is 0.375. The van der Waals surface area contributed by atoms with Crippen LogP contribution in [0.15, 0.2) is 34.8 Å². The molecule has 1 heterocycles. The molecule has 1 amide bonds. The van der Waals surface area contributed by atoms with Gasteiger partial charge >= 0.3 is 0 Å². The minimum atomic E-state index is 0.0655. The molecule has 4 nitrogen and oxygen atoms in total. The van der Waals surface area contributed by atoms with Crippen molar-refractivity contribution in [3.63, 3.8) is 0 Å². The zero-order valence-electron chi connectivity index (χ0n) is 12.4. The second-order valence-corrected chi connectivity index (χ2v) is 5.87. The van der Waals surface area contributed by atoms with Crippen LogP contribution < -0.4 is 5.32 Å². The van der Waals surface area contributed by atoms with Gasteiger partial charge in [-0.15, -0.1) is 0 Å². The van der Waals surface area contributed by atoms with Crippen LogP contribution in [0.2, 0.25) is 0 Å². The van der Waals surface area contributed by atoms with Gasteiger partial charge in [0.05, 0.1) is 16.6 Å². The number of rotatable bonds is 6. The first-order valence-corrected chi connectivity index (χ1v) is 7.87. The van der Waals surface area contributed by atoms with Gasteiger partial charge in [-0.3, -0.25) is 9.48 Å². The maximum atomic E-state index is 11.8. The molecule has 2 aromatic rings. The van der Waals surface area contributed by atoms with Gasteiger partial charge in [0.15, 0.2) is 0 Å². The van der Waals surface area contributed by atoms with E-state index in [2.05, 4.69) is 26.3 Å². The van der Waals surface area contributed by atoms with Gasteiger partial charge in [0, 0.05) is 18.8 Å². The molecule has 0 saturated heterocycles. The molecule has 5 heteroatoms. The number of carbonyl (C=O) groups excluding carboxylic acids is 1. The first-order valence-electron chi connectivity index (χ1n) is 7.08. The van der Waals surface area contributed by atoms with Crippen molar-refractivity contribution in [1.29, 1.82) is 0 Å². The number of aromatic nitrogens is 2. The standard InChI is InChI=1S/C16H20BrN3O/c1-12-16(17)13(2)20(19-12)10-6-9-18-15(21)11-14-7-4-3-5-8-14/h3-5,7-8H,6,9-11H2,1-2H3,(H,18,21). The zero-order valence-corrected chi connectivity index (χ0v) is 14.0. The minimum absolute atomic E-state index is 0.0655. The van der Waals surface area contributed by atoms with E-state index in [-0.39, 0.29) is 5.91 Å². The van der Waals surface area contributed by atoms with E-state index in [1.54, 1.807) is 0 Å². The van der Waals surface area contributed by atoms with Crippen LogP contribution in [-0.2, 0) is 17.8 Å². The number of nitrogens with zero attached hydrogens (tertiary/aromatic N) is 2. The van der Waals surface area contributed by atoms with Gasteiger partial charge in [0.2, 0.25) is 5.91 Å². The van der Waals surface area contributed by atoms with E-state index in [4.69, 9.17) is 0 Å². The first-order chi connectivity index (χ1) is 10.1. The summed E-state index contributed by atoms with van der Waals surface area (Å²) < 4.78 is 3.04. The van der Waals surface area contributed by atoms with Crippen molar-refractivity contribution < 1.29 is 4.79 Å². The van der Waals surface area contributed by atoms with E-state index in [1.807, 2.05) is 48.9 Å². The molecule has 0 saturated carbocycles. The predicted octanol–water partition coefficient (Wildman–Crippen LogP) is 3.01. The third-order valence-corrected chi connectivity index (χ3v) is 4.52. The fourth-order valence-electron chi connectivity index (χ4n) is 2.19. The average Bonchev–Trinajstić information content (AvgIpc) is 2.72. The Labute approximate surface area is 133 Å². The SMILES string of the molecule is Cc1nn(CCCNC(=O)Cc2ccccc2)c(C)c1Br. The molecule has 0 spiro atoms. The van der Waals surface area contributed by atoms with Gasteiger partial charge in [-0.05, 0) is 41.8 Å². The van der Waals surface area contributed by atoms with Crippen LogP contribution in [-0.4, -0.2) is 22.2 Å². The number of halogens is 1. The molecule has 0 radical (unpaired) electrons. The monoisotopic (exact) mass is 349 g/mol. The van der Waals surface area contributed by atoms with Crippen LogP contribution in [0.1, 0.15) is 23.4 Å². The van der Waals surface area contributed by atoms with E-state index in [9.17, 15) is 4.79 Å². The number of aryl methyl sites for hydroxylation is 2. The van der Waals surface area contributed by atoms with Crippen LogP contribution in [0.3, 0.4) is 0 Å². The topological polar surface area (TPSA) is 46.9 Å². The van der Waals surface area contributed by atoms with Gasteiger partial charge in [0.25, 0.3) is 0 Å². The number of benzene rings is 1. The molecule has 1 aromatic carbocycles. The lowest BCUT2D eigenvalue weighted by molar-refractivity contribution is -0.120. The average molecular weight is 350 g/mol. The molecular weight excluding hydrogens is 330 g/mol. The minimum Gasteiger partial charge on any atom is -0.356 e. The quantitative estimate of drug-likeness (QED) is 0.814. The van der Waals surface area contributed by atoms with Crippen molar-refractivity contribution in [2.45, 2.75) is 33.2 Å². The first kappa shape index (κ1) is 15.8. The highest BCUT2D eigenvalue weighted by Crippen LogP contribution is 2.19. The van der Waals surface area contributed by atoms with Crippen LogP contribution in [0, 0.1) is 13.8 Å². The molecule has 21 heavy (non-hydrogen) atoms. The summed E-state index contributed by atoms with van der Waals surface area (Å²) >= 11 is 3.52. The normalized spacial score (nSPS) is 10.6. The molecule has 2 rings (SSSR count). The van der Waals surface area contributed by atoms with E-state index in [1.165, 1.54) is 0 Å². The van der Waals surface area contributed by atoms with Crippen LogP contribution in [0.25, 0.3) is 0 Å². The number of nitrogens with one attached hydrogen (secondary N) is 1. The highest BCUT2D eigenvalue weighted by atomic mass is 79.9. The smallest absolute Gasteiger partial charge is 0.224 e. The summed E-state index contributed by atoms with van der Waals surface area (Å²) in [5.41, 5.74) is 3.17. The molecule has 112 valence electrons. The summed E-state index contributed by atoms with van der Waals surface area (Å²) in [6.07, 6.45) is 1.31. The molecule has 0 aliphatic carbocycles. The van der Waals surface area contributed by atoms with Crippen LogP contribution >= 0.6 is 15.9 Å². The van der Waals surface area contributed by atoms with E-state index >= 15 is 0 Å². The molecule has 0 bridgehead atoms. The molecule has 0 unspecified atom stereocenters. The third-order valence-electron chi connectivity index (χ3n) is 3.37. The number of carbonyl (C=O) groups is 1. The summed E-state index contributed by atoms with van der Waals surface area (Å²) in [6, 6.07) is 9.78. The molecule has 1 N–H and O–H groups in total.